The molecule has 1 saturated heterocycles. The van der Waals surface area contributed by atoms with Crippen molar-refractivity contribution in [3.8, 4) is 5.75 Å². The summed E-state index contributed by atoms with van der Waals surface area (Å²) in [6, 6.07) is 24.4. The largest absolute Gasteiger partial charge is 0.489 e. The highest BCUT2D eigenvalue weighted by atomic mass is 16.7. The average molecular weight is 405 g/mol. The third-order valence-corrected chi connectivity index (χ3v) is 4.87. The van der Waals surface area contributed by atoms with E-state index < -0.39 is 12.1 Å². The molecular weight excluding hydrogens is 382 g/mol. The van der Waals surface area contributed by atoms with Gasteiger partial charge in [-0.2, -0.15) is 0 Å². The van der Waals surface area contributed by atoms with E-state index >= 15 is 0 Å². The van der Waals surface area contributed by atoms with Crippen molar-refractivity contribution in [2.45, 2.75) is 18.9 Å². The number of carboxylic acid groups (broad SMARTS) is 1. The van der Waals surface area contributed by atoms with Gasteiger partial charge in [0.1, 0.15) is 12.4 Å². The Kier molecular flexibility index (Phi) is 6.27. The number of amides is 1. The molecule has 1 aliphatic rings. The molecule has 1 heterocycles. The molecule has 1 unspecified atom stereocenters. The standard InChI is InChI=1S/C24H23NO5/c26-24(27)25-22(18-5-2-1-3-6-18)20-7-4-8-21(15-20)30-16-17-9-11-19(12-10-17)23-28-13-14-29-23/h1-12,15,22-23,25H,13-14,16H2,(H,26,27). The second-order valence-electron chi connectivity index (χ2n) is 6.97. The highest BCUT2D eigenvalue weighted by Crippen LogP contribution is 2.26. The first-order valence-corrected chi connectivity index (χ1v) is 9.78. The lowest BCUT2D eigenvalue weighted by Crippen LogP contribution is -2.27. The van der Waals surface area contributed by atoms with Gasteiger partial charge in [0.25, 0.3) is 0 Å². The van der Waals surface area contributed by atoms with Crippen LogP contribution in [0.1, 0.15) is 34.6 Å². The molecule has 30 heavy (non-hydrogen) atoms. The van der Waals surface area contributed by atoms with Gasteiger partial charge < -0.3 is 24.6 Å². The Morgan fingerprint density at radius 3 is 2.37 bits per heavy atom. The van der Waals surface area contributed by atoms with E-state index in [1.165, 1.54) is 0 Å². The summed E-state index contributed by atoms with van der Waals surface area (Å²) < 4.78 is 17.0. The molecule has 0 bridgehead atoms. The molecule has 0 spiro atoms. The van der Waals surface area contributed by atoms with Crippen molar-refractivity contribution in [2.24, 2.45) is 0 Å². The van der Waals surface area contributed by atoms with Gasteiger partial charge in [0.2, 0.25) is 0 Å². The molecule has 1 aliphatic heterocycles. The molecule has 6 nitrogen and oxygen atoms in total. The molecule has 6 heteroatoms. The lowest BCUT2D eigenvalue weighted by molar-refractivity contribution is -0.0441. The smallest absolute Gasteiger partial charge is 0.405 e. The Balaban J connectivity index is 1.45. The summed E-state index contributed by atoms with van der Waals surface area (Å²) in [5.74, 6) is 0.673. The van der Waals surface area contributed by atoms with Gasteiger partial charge in [0.15, 0.2) is 6.29 Å². The van der Waals surface area contributed by atoms with E-state index in [1.807, 2.05) is 78.9 Å². The molecule has 0 saturated carbocycles. The van der Waals surface area contributed by atoms with Crippen LogP contribution in [0.4, 0.5) is 4.79 Å². The number of benzene rings is 3. The number of carbonyl (C=O) groups is 1. The van der Waals surface area contributed by atoms with Crippen LogP contribution < -0.4 is 10.1 Å². The van der Waals surface area contributed by atoms with E-state index in [1.54, 1.807) is 0 Å². The first-order chi connectivity index (χ1) is 14.7. The Labute approximate surface area is 175 Å². The monoisotopic (exact) mass is 405 g/mol. The minimum atomic E-state index is -1.08. The van der Waals surface area contributed by atoms with Crippen LogP contribution >= 0.6 is 0 Å². The normalized spacial score (nSPS) is 14.9. The van der Waals surface area contributed by atoms with Gasteiger partial charge in [-0.25, -0.2) is 4.79 Å². The Hall–Kier alpha value is -3.35. The van der Waals surface area contributed by atoms with Crippen LogP contribution in [0.25, 0.3) is 0 Å². The fraction of sp³-hybridized carbons (Fsp3) is 0.208. The van der Waals surface area contributed by atoms with E-state index in [9.17, 15) is 9.90 Å². The quantitative estimate of drug-likeness (QED) is 0.597. The SMILES string of the molecule is O=C(O)NC(c1ccccc1)c1cccc(OCc2ccc(C3OCCO3)cc2)c1. The van der Waals surface area contributed by atoms with Crippen LogP contribution in [-0.2, 0) is 16.1 Å². The zero-order valence-electron chi connectivity index (χ0n) is 16.4. The summed E-state index contributed by atoms with van der Waals surface area (Å²) in [6.45, 7) is 1.64. The molecule has 154 valence electrons. The van der Waals surface area contributed by atoms with Crippen LogP contribution in [0.15, 0.2) is 78.9 Å². The van der Waals surface area contributed by atoms with Gasteiger partial charge in [0, 0.05) is 5.56 Å². The van der Waals surface area contributed by atoms with Crippen molar-refractivity contribution in [2.75, 3.05) is 13.2 Å². The second kappa shape index (κ2) is 9.43. The summed E-state index contributed by atoms with van der Waals surface area (Å²) in [6.07, 6.45) is -1.36. The number of ether oxygens (including phenoxy) is 3. The van der Waals surface area contributed by atoms with E-state index in [-0.39, 0.29) is 6.29 Å². The zero-order chi connectivity index (χ0) is 20.8. The zero-order valence-corrected chi connectivity index (χ0v) is 16.4. The topological polar surface area (TPSA) is 77.0 Å². The van der Waals surface area contributed by atoms with Gasteiger partial charge in [-0.05, 0) is 28.8 Å². The van der Waals surface area contributed by atoms with Crippen molar-refractivity contribution in [3.05, 3.63) is 101 Å². The van der Waals surface area contributed by atoms with Crippen LogP contribution in [-0.4, -0.2) is 24.4 Å². The Bertz CT molecular complexity index is 968. The maximum Gasteiger partial charge on any atom is 0.405 e. The third kappa shape index (κ3) is 4.97. The molecular formula is C24H23NO5. The van der Waals surface area contributed by atoms with Crippen LogP contribution in [0.3, 0.4) is 0 Å². The molecule has 1 fully saturated rings. The van der Waals surface area contributed by atoms with Crippen molar-refractivity contribution in [1.82, 2.24) is 5.32 Å². The van der Waals surface area contributed by atoms with Crippen LogP contribution in [0.2, 0.25) is 0 Å². The summed E-state index contributed by atoms with van der Waals surface area (Å²) in [5, 5.41) is 11.9. The summed E-state index contributed by atoms with van der Waals surface area (Å²) in [4.78, 5) is 11.3. The Morgan fingerprint density at radius 2 is 1.67 bits per heavy atom. The highest BCUT2D eigenvalue weighted by molar-refractivity contribution is 5.66. The lowest BCUT2D eigenvalue weighted by Gasteiger charge is -2.19. The summed E-state index contributed by atoms with van der Waals surface area (Å²) in [5.41, 5.74) is 3.69. The average Bonchev–Trinajstić information content (AvgIpc) is 3.32. The third-order valence-electron chi connectivity index (χ3n) is 4.87. The van der Waals surface area contributed by atoms with E-state index in [2.05, 4.69) is 5.32 Å². The minimum Gasteiger partial charge on any atom is -0.489 e. The summed E-state index contributed by atoms with van der Waals surface area (Å²) in [7, 11) is 0. The van der Waals surface area contributed by atoms with Crippen molar-refractivity contribution in [3.63, 3.8) is 0 Å². The molecule has 0 radical (unpaired) electrons. The molecule has 1 amide bonds. The molecule has 0 aliphatic carbocycles. The van der Waals surface area contributed by atoms with E-state index in [0.29, 0.717) is 25.6 Å². The predicted molar refractivity (Wildman–Crippen MR) is 111 cm³/mol. The molecule has 3 aromatic carbocycles. The fourth-order valence-corrected chi connectivity index (χ4v) is 3.40. The molecule has 2 N–H and O–H groups in total. The number of hydrogen-bond acceptors (Lipinski definition) is 4. The van der Waals surface area contributed by atoms with Gasteiger partial charge >= 0.3 is 6.09 Å². The number of nitrogens with one attached hydrogen (secondary N) is 1. The summed E-state index contributed by atoms with van der Waals surface area (Å²) >= 11 is 0. The molecule has 3 aromatic rings. The van der Waals surface area contributed by atoms with E-state index in [4.69, 9.17) is 14.2 Å². The first kappa shape index (κ1) is 19.9. The maximum absolute atomic E-state index is 11.3. The van der Waals surface area contributed by atoms with Crippen LogP contribution in [0, 0.1) is 0 Å². The number of rotatable bonds is 7. The van der Waals surface area contributed by atoms with Crippen LogP contribution in [0.5, 0.6) is 5.75 Å². The Morgan fingerprint density at radius 1 is 0.967 bits per heavy atom. The van der Waals surface area contributed by atoms with Crippen molar-refractivity contribution < 1.29 is 24.1 Å². The van der Waals surface area contributed by atoms with Crippen molar-refractivity contribution in [1.29, 1.82) is 0 Å². The predicted octanol–water partition coefficient (Wildman–Crippen LogP) is 4.67. The van der Waals surface area contributed by atoms with Gasteiger partial charge in [0.05, 0.1) is 19.3 Å². The molecule has 1 atom stereocenters. The molecule has 0 aromatic heterocycles. The second-order valence-corrected chi connectivity index (χ2v) is 6.97. The maximum atomic E-state index is 11.3. The highest BCUT2D eigenvalue weighted by Gasteiger charge is 2.18. The minimum absolute atomic E-state index is 0.284. The van der Waals surface area contributed by atoms with Gasteiger partial charge in [-0.1, -0.05) is 66.7 Å². The molecule has 4 rings (SSSR count). The lowest BCUT2D eigenvalue weighted by atomic mass is 9.98. The van der Waals surface area contributed by atoms with Crippen molar-refractivity contribution >= 4 is 6.09 Å². The van der Waals surface area contributed by atoms with Gasteiger partial charge in [-0.3, -0.25) is 0 Å². The van der Waals surface area contributed by atoms with Gasteiger partial charge in [-0.15, -0.1) is 0 Å². The van der Waals surface area contributed by atoms with E-state index in [0.717, 1.165) is 22.3 Å². The number of hydrogen-bond donors (Lipinski definition) is 2. The first-order valence-electron chi connectivity index (χ1n) is 9.78. The fourth-order valence-electron chi connectivity index (χ4n) is 3.40.